The highest BCUT2D eigenvalue weighted by Gasteiger charge is 2.11. The molecule has 1 aromatic heterocycles. The summed E-state index contributed by atoms with van der Waals surface area (Å²) in [5, 5.41) is 3.30. The molecule has 0 spiro atoms. The lowest BCUT2D eigenvalue weighted by Gasteiger charge is -2.15. The predicted octanol–water partition coefficient (Wildman–Crippen LogP) is 2.55. The van der Waals surface area contributed by atoms with Crippen LogP contribution in [-0.4, -0.2) is 29.9 Å². The molecule has 21 heavy (non-hydrogen) atoms. The number of pyridine rings is 1. The van der Waals surface area contributed by atoms with Gasteiger partial charge in [-0.15, -0.1) is 0 Å². The van der Waals surface area contributed by atoms with Gasteiger partial charge in [0, 0.05) is 37.7 Å². The van der Waals surface area contributed by atoms with Crippen molar-refractivity contribution >= 4 is 17.3 Å². The standard InChI is InChI=1S/C16H20N4O/c1-11(17)13-6-4-5-7-14(13)19-12-8-9-18-15(10-12)16(21)20(2)3/h4-11H,17H2,1-3H3,(H,18,19). The molecule has 1 heterocycles. The van der Waals surface area contributed by atoms with Crippen LogP contribution >= 0.6 is 0 Å². The maximum absolute atomic E-state index is 11.9. The number of nitrogens with one attached hydrogen (secondary N) is 1. The van der Waals surface area contributed by atoms with E-state index in [1.165, 1.54) is 4.90 Å². The number of nitrogens with zero attached hydrogens (tertiary/aromatic N) is 2. The van der Waals surface area contributed by atoms with E-state index in [1.807, 2.05) is 37.3 Å². The molecule has 1 unspecified atom stereocenters. The summed E-state index contributed by atoms with van der Waals surface area (Å²) in [5.74, 6) is -0.126. The van der Waals surface area contributed by atoms with Crippen molar-refractivity contribution in [1.29, 1.82) is 0 Å². The van der Waals surface area contributed by atoms with Crippen LogP contribution in [0.15, 0.2) is 42.6 Å². The van der Waals surface area contributed by atoms with Crippen LogP contribution in [-0.2, 0) is 0 Å². The van der Waals surface area contributed by atoms with Crippen LogP contribution in [0.5, 0.6) is 0 Å². The zero-order chi connectivity index (χ0) is 15.4. The third-order valence-electron chi connectivity index (χ3n) is 3.12. The lowest BCUT2D eigenvalue weighted by Crippen LogP contribution is -2.22. The first-order valence-electron chi connectivity index (χ1n) is 6.78. The summed E-state index contributed by atoms with van der Waals surface area (Å²) < 4.78 is 0. The Morgan fingerprint density at radius 3 is 2.67 bits per heavy atom. The minimum absolute atomic E-state index is 0.0709. The van der Waals surface area contributed by atoms with Gasteiger partial charge in [-0.1, -0.05) is 18.2 Å². The van der Waals surface area contributed by atoms with Crippen molar-refractivity contribution in [2.75, 3.05) is 19.4 Å². The number of carbonyl (C=O) groups is 1. The molecule has 1 aromatic carbocycles. The molecule has 2 aromatic rings. The van der Waals surface area contributed by atoms with Gasteiger partial charge < -0.3 is 16.0 Å². The van der Waals surface area contributed by atoms with Crippen molar-refractivity contribution in [2.45, 2.75) is 13.0 Å². The van der Waals surface area contributed by atoms with Crippen LogP contribution in [0, 0.1) is 0 Å². The average Bonchev–Trinajstić information content (AvgIpc) is 2.47. The van der Waals surface area contributed by atoms with Crippen molar-refractivity contribution < 1.29 is 4.79 Å². The molecule has 0 aliphatic rings. The quantitative estimate of drug-likeness (QED) is 0.905. The van der Waals surface area contributed by atoms with Crippen LogP contribution in [0.25, 0.3) is 0 Å². The summed E-state index contributed by atoms with van der Waals surface area (Å²) in [7, 11) is 3.41. The lowest BCUT2D eigenvalue weighted by atomic mass is 10.1. The fourth-order valence-corrected chi connectivity index (χ4v) is 2.02. The lowest BCUT2D eigenvalue weighted by molar-refractivity contribution is 0.0822. The Morgan fingerprint density at radius 1 is 1.29 bits per heavy atom. The van der Waals surface area contributed by atoms with Crippen LogP contribution in [0.4, 0.5) is 11.4 Å². The number of para-hydroxylation sites is 1. The molecule has 1 atom stereocenters. The second-order valence-electron chi connectivity index (χ2n) is 5.13. The van der Waals surface area contributed by atoms with Crippen molar-refractivity contribution in [1.82, 2.24) is 9.88 Å². The second-order valence-corrected chi connectivity index (χ2v) is 5.13. The Hall–Kier alpha value is -2.40. The Balaban J connectivity index is 2.29. The van der Waals surface area contributed by atoms with Gasteiger partial charge >= 0.3 is 0 Å². The molecule has 0 aliphatic carbocycles. The summed E-state index contributed by atoms with van der Waals surface area (Å²) >= 11 is 0. The van der Waals surface area contributed by atoms with Gasteiger partial charge in [-0.3, -0.25) is 9.78 Å². The Morgan fingerprint density at radius 2 is 2.00 bits per heavy atom. The van der Waals surface area contributed by atoms with Crippen molar-refractivity contribution in [3.63, 3.8) is 0 Å². The molecule has 0 radical (unpaired) electrons. The topological polar surface area (TPSA) is 71.2 Å². The van der Waals surface area contributed by atoms with E-state index in [9.17, 15) is 4.79 Å². The third-order valence-corrected chi connectivity index (χ3v) is 3.12. The Kier molecular flexibility index (Phi) is 4.55. The normalized spacial score (nSPS) is 11.8. The molecule has 5 nitrogen and oxygen atoms in total. The first kappa shape index (κ1) is 15.0. The highest BCUT2D eigenvalue weighted by Crippen LogP contribution is 2.24. The Labute approximate surface area is 124 Å². The monoisotopic (exact) mass is 284 g/mol. The third kappa shape index (κ3) is 3.58. The van der Waals surface area contributed by atoms with Crippen LogP contribution in [0.1, 0.15) is 29.0 Å². The van der Waals surface area contributed by atoms with E-state index >= 15 is 0 Å². The van der Waals surface area contributed by atoms with E-state index in [1.54, 1.807) is 26.4 Å². The van der Waals surface area contributed by atoms with E-state index in [-0.39, 0.29) is 11.9 Å². The predicted molar refractivity (Wildman–Crippen MR) is 84.6 cm³/mol. The van der Waals surface area contributed by atoms with Crippen molar-refractivity contribution in [3.8, 4) is 0 Å². The molecular formula is C16H20N4O. The number of benzene rings is 1. The van der Waals surface area contributed by atoms with Gasteiger partial charge in [-0.25, -0.2) is 0 Å². The molecule has 1 amide bonds. The molecule has 5 heteroatoms. The van der Waals surface area contributed by atoms with E-state index < -0.39 is 0 Å². The molecule has 0 saturated heterocycles. The first-order valence-corrected chi connectivity index (χ1v) is 6.78. The molecule has 2 rings (SSSR count). The number of hydrogen-bond donors (Lipinski definition) is 2. The van der Waals surface area contributed by atoms with E-state index in [0.717, 1.165) is 16.9 Å². The van der Waals surface area contributed by atoms with Crippen LogP contribution in [0.3, 0.4) is 0 Å². The second kappa shape index (κ2) is 6.37. The number of hydrogen-bond acceptors (Lipinski definition) is 4. The number of anilines is 2. The highest BCUT2D eigenvalue weighted by atomic mass is 16.2. The molecule has 0 aliphatic heterocycles. The first-order chi connectivity index (χ1) is 9.99. The largest absolute Gasteiger partial charge is 0.355 e. The van der Waals surface area contributed by atoms with Crippen LogP contribution in [0.2, 0.25) is 0 Å². The fraction of sp³-hybridized carbons (Fsp3) is 0.250. The van der Waals surface area contributed by atoms with Gasteiger partial charge in [0.25, 0.3) is 5.91 Å². The zero-order valence-corrected chi connectivity index (χ0v) is 12.5. The van der Waals surface area contributed by atoms with E-state index in [2.05, 4.69) is 10.3 Å². The minimum atomic E-state index is -0.126. The van der Waals surface area contributed by atoms with Crippen molar-refractivity contribution in [2.24, 2.45) is 5.73 Å². The number of nitrogens with two attached hydrogens (primary N) is 1. The molecule has 0 bridgehead atoms. The smallest absolute Gasteiger partial charge is 0.272 e. The number of aromatic nitrogens is 1. The summed E-state index contributed by atoms with van der Waals surface area (Å²) in [6.07, 6.45) is 1.62. The van der Waals surface area contributed by atoms with Crippen molar-refractivity contribution in [3.05, 3.63) is 53.9 Å². The highest BCUT2D eigenvalue weighted by molar-refractivity contribution is 5.93. The molecule has 0 fully saturated rings. The van der Waals surface area contributed by atoms with Crippen LogP contribution < -0.4 is 11.1 Å². The van der Waals surface area contributed by atoms with Gasteiger partial charge in [0.05, 0.1) is 0 Å². The molecule has 110 valence electrons. The molecule has 3 N–H and O–H groups in total. The maximum Gasteiger partial charge on any atom is 0.272 e. The van der Waals surface area contributed by atoms with Gasteiger partial charge in [0.1, 0.15) is 5.69 Å². The SMILES string of the molecule is CC(N)c1ccccc1Nc1ccnc(C(=O)N(C)C)c1. The van der Waals surface area contributed by atoms with Gasteiger partial charge in [-0.2, -0.15) is 0 Å². The maximum atomic E-state index is 11.9. The number of rotatable bonds is 4. The van der Waals surface area contributed by atoms with Gasteiger partial charge in [0.15, 0.2) is 0 Å². The average molecular weight is 284 g/mol. The number of carbonyl (C=O) groups excluding carboxylic acids is 1. The summed E-state index contributed by atoms with van der Waals surface area (Å²) in [6, 6.07) is 11.3. The Bertz CT molecular complexity index is 638. The van der Waals surface area contributed by atoms with Gasteiger partial charge in [0.2, 0.25) is 0 Å². The molecular weight excluding hydrogens is 264 g/mol. The molecule has 0 saturated carbocycles. The minimum Gasteiger partial charge on any atom is -0.355 e. The zero-order valence-electron chi connectivity index (χ0n) is 12.5. The van der Waals surface area contributed by atoms with E-state index in [0.29, 0.717) is 5.69 Å². The number of amides is 1. The summed E-state index contributed by atoms with van der Waals surface area (Å²) in [6.45, 7) is 1.94. The summed E-state index contributed by atoms with van der Waals surface area (Å²) in [5.41, 5.74) is 9.14. The summed E-state index contributed by atoms with van der Waals surface area (Å²) in [4.78, 5) is 17.5. The van der Waals surface area contributed by atoms with E-state index in [4.69, 9.17) is 5.73 Å². The van der Waals surface area contributed by atoms with Gasteiger partial charge in [-0.05, 0) is 30.7 Å². The fourth-order valence-electron chi connectivity index (χ4n) is 2.02.